The maximum absolute atomic E-state index is 8.44. The molecule has 15 heavy (non-hydrogen) atoms. The first-order chi connectivity index (χ1) is 1.73. The largest absolute Gasteiger partial charge is 1.00 e. The predicted octanol–water partition coefficient (Wildman–Crippen LogP) is -12.2. The van der Waals surface area contributed by atoms with Crippen LogP contribution in [0.2, 0.25) is 0 Å². The Kier molecular flexibility index (Phi) is 3400. The van der Waals surface area contributed by atoms with Gasteiger partial charge in [-0.05, 0) is 0 Å². The van der Waals surface area contributed by atoms with Gasteiger partial charge in [0.1, 0.15) is 0 Å². The molecule has 106 valence electrons. The molecule has 15 heteroatoms. The van der Waals surface area contributed by atoms with Crippen molar-refractivity contribution >= 4 is 11.4 Å². The van der Waals surface area contributed by atoms with Gasteiger partial charge in [-0.15, -0.1) is 11.4 Å². The second-order valence-corrected chi connectivity index (χ2v) is 0.612. The Labute approximate surface area is 109 Å². The first-order valence-electron chi connectivity index (χ1n) is 0.500. The first-order valence-corrected chi connectivity index (χ1v) is 1.50. The molecular weight excluding hydrogens is 263 g/mol. The van der Waals surface area contributed by atoms with Crippen LogP contribution in [0.4, 0.5) is 0 Å². The molecule has 0 amide bonds. The van der Waals surface area contributed by atoms with Gasteiger partial charge in [-0.25, -0.2) is 0 Å². The van der Waals surface area contributed by atoms with E-state index in [1.165, 1.54) is 0 Å². The molecule has 0 bridgehead atoms. The molecule has 0 fully saturated rings. The molecule has 0 aromatic heterocycles. The van der Waals surface area contributed by atoms with E-state index < -0.39 is 11.4 Å². The van der Waals surface area contributed by atoms with Crippen LogP contribution in [-0.4, -0.2) is 68.1 Å². The average molecular weight is 283 g/mol. The molecule has 20 N–H and O–H groups in total. The van der Waals surface area contributed by atoms with Crippen molar-refractivity contribution < 1.29 is 97.6 Å². The van der Waals surface area contributed by atoms with E-state index in [0.717, 1.165) is 0 Å². The van der Waals surface area contributed by atoms with E-state index >= 15 is 0 Å². The van der Waals surface area contributed by atoms with Crippen molar-refractivity contribution in [1.82, 2.24) is 0 Å². The molecular formula is H20NaO13S-. The maximum atomic E-state index is 8.44. The minimum absolute atomic E-state index is 0. The number of hydrogen-bond donors (Lipinski definition) is 0. The Hall–Kier alpha value is 0.670. The van der Waals surface area contributed by atoms with Gasteiger partial charge in [-0.3, -0.25) is 4.21 Å². The molecule has 0 aromatic carbocycles. The van der Waals surface area contributed by atoms with Gasteiger partial charge in [0, 0.05) is 0 Å². The van der Waals surface area contributed by atoms with E-state index in [-0.39, 0.29) is 84.3 Å². The molecule has 0 aliphatic heterocycles. The summed E-state index contributed by atoms with van der Waals surface area (Å²) >= 11 is -3.11. The minimum atomic E-state index is -3.11. The minimum Gasteiger partial charge on any atom is -0.784 e. The summed E-state index contributed by atoms with van der Waals surface area (Å²) in [6, 6.07) is 0. The fourth-order valence-electron chi connectivity index (χ4n) is 0. The first kappa shape index (κ1) is 250. The van der Waals surface area contributed by atoms with E-state index in [4.69, 9.17) is 13.3 Å². The third-order valence-electron chi connectivity index (χ3n) is 0. The Morgan fingerprint density at radius 2 is 0.533 bits per heavy atom. The van der Waals surface area contributed by atoms with Gasteiger partial charge in [0.2, 0.25) is 0 Å². The van der Waals surface area contributed by atoms with Crippen molar-refractivity contribution in [3.05, 3.63) is 0 Å². The second-order valence-electron chi connectivity index (χ2n) is 0.204. The van der Waals surface area contributed by atoms with Crippen LogP contribution in [0, 0.1) is 0 Å². The molecule has 13 nitrogen and oxygen atoms in total. The Morgan fingerprint density at radius 1 is 0.533 bits per heavy atom. The third-order valence-corrected chi connectivity index (χ3v) is 0. The zero-order chi connectivity index (χ0) is 3.58. The van der Waals surface area contributed by atoms with Gasteiger partial charge < -0.3 is 63.9 Å². The van der Waals surface area contributed by atoms with Crippen LogP contribution in [0.15, 0.2) is 0 Å². The van der Waals surface area contributed by atoms with Crippen molar-refractivity contribution in [1.29, 1.82) is 0 Å². The SMILES string of the molecule is O.O.O.O.O.O.O.O.O.O.O=S([O-])[O-].[Na+]. The fraction of sp³-hybridized carbons (Fsp3) is 0. The summed E-state index contributed by atoms with van der Waals surface area (Å²) in [5, 5.41) is 0. The van der Waals surface area contributed by atoms with Crippen molar-refractivity contribution in [3.8, 4) is 0 Å². The molecule has 0 saturated heterocycles. The summed E-state index contributed by atoms with van der Waals surface area (Å²) in [6.45, 7) is 0. The van der Waals surface area contributed by atoms with E-state index in [2.05, 4.69) is 0 Å². The molecule has 0 spiro atoms. The summed E-state index contributed by atoms with van der Waals surface area (Å²) in [4.78, 5) is 0. The van der Waals surface area contributed by atoms with Gasteiger partial charge in [0.15, 0.2) is 0 Å². The van der Waals surface area contributed by atoms with Crippen LogP contribution in [0.5, 0.6) is 0 Å². The normalized spacial score (nSPS) is 2.33. The van der Waals surface area contributed by atoms with Gasteiger partial charge in [0.25, 0.3) is 0 Å². The zero-order valence-electron chi connectivity index (χ0n) is 7.63. The van der Waals surface area contributed by atoms with Crippen LogP contribution in [0.25, 0.3) is 0 Å². The zero-order valence-corrected chi connectivity index (χ0v) is 10.4. The van der Waals surface area contributed by atoms with E-state index in [1.807, 2.05) is 0 Å². The Bertz CT molecular complexity index is 33.5. The van der Waals surface area contributed by atoms with Gasteiger partial charge >= 0.3 is 29.6 Å². The Morgan fingerprint density at radius 3 is 0.533 bits per heavy atom. The topological polar surface area (TPSA) is 378 Å². The van der Waals surface area contributed by atoms with Crippen LogP contribution in [-0.2, 0) is 11.4 Å². The summed E-state index contributed by atoms with van der Waals surface area (Å²) in [6.07, 6.45) is 0. The van der Waals surface area contributed by atoms with Gasteiger partial charge in [0.05, 0.1) is 0 Å². The molecule has 0 aliphatic rings. The van der Waals surface area contributed by atoms with Gasteiger partial charge in [-0.1, -0.05) is 0 Å². The molecule has 0 aliphatic carbocycles. The second kappa shape index (κ2) is 204. The smallest absolute Gasteiger partial charge is 0.784 e. The third kappa shape index (κ3) is 5250. The maximum Gasteiger partial charge on any atom is 1.00 e. The average Bonchev–Trinajstić information content (AvgIpc) is 0.811. The molecule has 0 atom stereocenters. The fourth-order valence-corrected chi connectivity index (χ4v) is 0. The van der Waals surface area contributed by atoms with E-state index in [9.17, 15) is 0 Å². The standard InChI is InChI=1S/Na.H2O3S.10H2O/c;1-4(2)3;;;;;;;;;;/h;(H2,1,2,3);10*1H2/q+1;;;;;;;;;;;/p-2. The molecule has 0 aromatic rings. The van der Waals surface area contributed by atoms with Crippen LogP contribution in [0.3, 0.4) is 0 Å². The van der Waals surface area contributed by atoms with E-state index in [1.54, 1.807) is 0 Å². The van der Waals surface area contributed by atoms with Crippen LogP contribution < -0.4 is 29.6 Å². The van der Waals surface area contributed by atoms with Crippen molar-refractivity contribution in [3.63, 3.8) is 0 Å². The Balaban J connectivity index is -0.000000000818. The number of rotatable bonds is 0. The quantitative estimate of drug-likeness (QED) is 0.308. The molecule has 0 heterocycles. The van der Waals surface area contributed by atoms with Crippen LogP contribution in [0.1, 0.15) is 0 Å². The molecule has 0 saturated carbocycles. The van der Waals surface area contributed by atoms with E-state index in [0.29, 0.717) is 0 Å². The van der Waals surface area contributed by atoms with Crippen molar-refractivity contribution in [2.75, 3.05) is 0 Å². The molecule has 0 unspecified atom stereocenters. The van der Waals surface area contributed by atoms with Gasteiger partial charge in [-0.2, -0.15) is 0 Å². The summed E-state index contributed by atoms with van der Waals surface area (Å²) < 4.78 is 25.3. The van der Waals surface area contributed by atoms with Crippen molar-refractivity contribution in [2.45, 2.75) is 0 Å². The summed E-state index contributed by atoms with van der Waals surface area (Å²) in [7, 11) is 0. The number of hydrogen-bond acceptors (Lipinski definition) is 3. The summed E-state index contributed by atoms with van der Waals surface area (Å²) in [5.41, 5.74) is 0. The molecule has 0 radical (unpaired) electrons. The monoisotopic (exact) mass is 283 g/mol. The predicted molar refractivity (Wildman–Crippen MR) is 45.8 cm³/mol. The summed E-state index contributed by atoms with van der Waals surface area (Å²) in [5.74, 6) is 0. The molecule has 0 rings (SSSR count). The van der Waals surface area contributed by atoms with Crippen LogP contribution >= 0.6 is 0 Å². The van der Waals surface area contributed by atoms with Crippen molar-refractivity contribution in [2.24, 2.45) is 0 Å².